The second-order valence-electron chi connectivity index (χ2n) is 10.3. The van der Waals surface area contributed by atoms with Crippen LogP contribution in [0.1, 0.15) is 52.3 Å². The predicted molar refractivity (Wildman–Crippen MR) is 143 cm³/mol. The SMILES string of the molecule is CCNC(=O)Nc1ccc(-c2nc3c(c(N4CCOCC4CC)n2)CCN(C(=O)OC(C)(C)C)C3)cc1. The molecular formula is C27H38N6O4. The van der Waals surface area contributed by atoms with Crippen LogP contribution in [0.5, 0.6) is 0 Å². The number of ether oxygens (including phenoxy) is 2. The van der Waals surface area contributed by atoms with E-state index in [9.17, 15) is 9.59 Å². The molecule has 0 bridgehead atoms. The van der Waals surface area contributed by atoms with E-state index < -0.39 is 5.60 Å². The van der Waals surface area contributed by atoms with Gasteiger partial charge in [-0.25, -0.2) is 19.6 Å². The van der Waals surface area contributed by atoms with Crippen molar-refractivity contribution >= 4 is 23.6 Å². The standard InChI is InChI=1S/C27H38N6O4/c1-6-20-17-36-15-14-33(20)24-21-12-13-32(26(35)37-27(3,4)5)16-22(21)30-23(31-24)18-8-10-19(11-9-18)29-25(34)28-7-2/h8-11,20H,6-7,12-17H2,1-5H3,(H2,28,29,34). The number of benzene rings is 1. The van der Waals surface area contributed by atoms with Crippen LogP contribution in [0.3, 0.4) is 0 Å². The third-order valence-corrected chi connectivity index (χ3v) is 6.40. The average molecular weight is 511 g/mol. The number of carbonyl (C=O) groups excluding carboxylic acids is 2. The number of fused-ring (bicyclic) bond motifs is 1. The highest BCUT2D eigenvalue weighted by Crippen LogP contribution is 2.32. The zero-order valence-corrected chi connectivity index (χ0v) is 22.5. The first-order valence-electron chi connectivity index (χ1n) is 13.1. The molecular weight excluding hydrogens is 472 g/mol. The van der Waals surface area contributed by atoms with Crippen molar-refractivity contribution in [1.29, 1.82) is 0 Å². The van der Waals surface area contributed by atoms with Gasteiger partial charge in [-0.3, -0.25) is 0 Å². The van der Waals surface area contributed by atoms with Gasteiger partial charge in [-0.1, -0.05) is 6.92 Å². The normalized spacial score (nSPS) is 17.7. The number of hydrogen-bond donors (Lipinski definition) is 2. The highest BCUT2D eigenvalue weighted by Gasteiger charge is 2.32. The molecule has 2 aromatic rings. The number of anilines is 2. The van der Waals surface area contributed by atoms with Gasteiger partial charge in [-0.05, 0) is 64.8 Å². The van der Waals surface area contributed by atoms with Crippen molar-refractivity contribution in [2.75, 3.05) is 43.1 Å². The number of nitrogens with one attached hydrogen (secondary N) is 2. The molecule has 10 nitrogen and oxygen atoms in total. The average Bonchev–Trinajstić information content (AvgIpc) is 2.87. The van der Waals surface area contributed by atoms with Crippen LogP contribution in [0, 0.1) is 0 Å². The van der Waals surface area contributed by atoms with Crippen molar-refractivity contribution in [3.8, 4) is 11.4 Å². The Kier molecular flexibility index (Phi) is 8.16. The van der Waals surface area contributed by atoms with Crippen LogP contribution in [-0.4, -0.2) is 71.5 Å². The van der Waals surface area contributed by atoms with Crippen LogP contribution >= 0.6 is 0 Å². The fourth-order valence-electron chi connectivity index (χ4n) is 4.57. The van der Waals surface area contributed by atoms with Crippen LogP contribution in [0.25, 0.3) is 11.4 Å². The molecule has 10 heteroatoms. The number of hydrogen-bond acceptors (Lipinski definition) is 7. The number of nitrogens with zero attached hydrogens (tertiary/aromatic N) is 4. The number of urea groups is 1. The molecule has 2 aliphatic heterocycles. The van der Waals surface area contributed by atoms with Crippen LogP contribution in [0.2, 0.25) is 0 Å². The maximum Gasteiger partial charge on any atom is 0.410 e. The van der Waals surface area contributed by atoms with E-state index in [0.29, 0.717) is 50.8 Å². The predicted octanol–water partition coefficient (Wildman–Crippen LogP) is 4.19. The van der Waals surface area contributed by atoms with E-state index >= 15 is 0 Å². The Hall–Kier alpha value is -3.40. The lowest BCUT2D eigenvalue weighted by Crippen LogP contribution is -2.47. The summed E-state index contributed by atoms with van der Waals surface area (Å²) >= 11 is 0. The molecule has 0 saturated carbocycles. The summed E-state index contributed by atoms with van der Waals surface area (Å²) in [6.45, 7) is 13.2. The molecule has 1 atom stereocenters. The van der Waals surface area contributed by atoms with Crippen molar-refractivity contribution in [3.05, 3.63) is 35.5 Å². The van der Waals surface area contributed by atoms with Crippen molar-refractivity contribution in [2.24, 2.45) is 0 Å². The second kappa shape index (κ2) is 11.3. The summed E-state index contributed by atoms with van der Waals surface area (Å²) in [5.74, 6) is 1.51. The van der Waals surface area contributed by atoms with Crippen molar-refractivity contribution in [2.45, 2.75) is 65.6 Å². The van der Waals surface area contributed by atoms with Gasteiger partial charge < -0.3 is 29.9 Å². The van der Waals surface area contributed by atoms with E-state index in [4.69, 9.17) is 19.4 Å². The van der Waals surface area contributed by atoms with Crippen LogP contribution in [0.4, 0.5) is 21.1 Å². The van der Waals surface area contributed by atoms with Crippen molar-refractivity contribution in [3.63, 3.8) is 0 Å². The lowest BCUT2D eigenvalue weighted by Gasteiger charge is -2.39. The molecule has 1 saturated heterocycles. The first kappa shape index (κ1) is 26.7. The molecule has 0 spiro atoms. The fraction of sp³-hybridized carbons (Fsp3) is 0.556. The zero-order valence-electron chi connectivity index (χ0n) is 22.5. The van der Waals surface area contributed by atoms with E-state index in [1.807, 2.05) is 52.0 Å². The molecule has 2 N–H and O–H groups in total. The Morgan fingerprint density at radius 2 is 1.89 bits per heavy atom. The molecule has 3 amide bonds. The number of amides is 3. The molecule has 1 fully saturated rings. The number of carbonyl (C=O) groups is 2. The second-order valence-corrected chi connectivity index (χ2v) is 10.3. The summed E-state index contributed by atoms with van der Waals surface area (Å²) in [5.41, 5.74) is 2.87. The molecule has 1 aromatic heterocycles. The molecule has 1 aromatic carbocycles. The molecule has 1 unspecified atom stereocenters. The number of rotatable bonds is 5. The van der Waals surface area contributed by atoms with Gasteiger partial charge >= 0.3 is 12.1 Å². The molecule has 2 aliphatic rings. The molecule has 4 rings (SSSR count). The van der Waals surface area contributed by atoms with Gasteiger partial charge in [-0.15, -0.1) is 0 Å². The summed E-state index contributed by atoms with van der Waals surface area (Å²) in [7, 11) is 0. The van der Waals surface area contributed by atoms with E-state index in [2.05, 4.69) is 22.5 Å². The topological polar surface area (TPSA) is 109 Å². The van der Waals surface area contributed by atoms with E-state index in [1.54, 1.807) is 4.90 Å². The van der Waals surface area contributed by atoms with Gasteiger partial charge in [0.2, 0.25) is 0 Å². The first-order chi connectivity index (χ1) is 17.7. The highest BCUT2D eigenvalue weighted by molar-refractivity contribution is 5.89. The van der Waals surface area contributed by atoms with E-state index in [-0.39, 0.29) is 18.2 Å². The van der Waals surface area contributed by atoms with Crippen molar-refractivity contribution in [1.82, 2.24) is 20.2 Å². The Morgan fingerprint density at radius 3 is 2.57 bits per heavy atom. The third-order valence-electron chi connectivity index (χ3n) is 6.40. The van der Waals surface area contributed by atoms with E-state index in [0.717, 1.165) is 35.6 Å². The van der Waals surface area contributed by atoms with Crippen LogP contribution in [-0.2, 0) is 22.4 Å². The largest absolute Gasteiger partial charge is 0.444 e. The smallest absolute Gasteiger partial charge is 0.410 e. The van der Waals surface area contributed by atoms with Gasteiger partial charge in [-0.2, -0.15) is 0 Å². The lowest BCUT2D eigenvalue weighted by molar-refractivity contribution is 0.0220. The molecule has 0 aliphatic carbocycles. The maximum atomic E-state index is 12.8. The summed E-state index contributed by atoms with van der Waals surface area (Å²) < 4.78 is 11.4. The zero-order chi connectivity index (χ0) is 26.6. The number of aromatic nitrogens is 2. The van der Waals surface area contributed by atoms with Gasteiger partial charge in [0.25, 0.3) is 0 Å². The minimum atomic E-state index is -0.564. The Morgan fingerprint density at radius 1 is 1.14 bits per heavy atom. The molecule has 37 heavy (non-hydrogen) atoms. The van der Waals surface area contributed by atoms with Gasteiger partial charge in [0.05, 0.1) is 31.5 Å². The monoisotopic (exact) mass is 510 g/mol. The maximum absolute atomic E-state index is 12.8. The van der Waals surface area contributed by atoms with E-state index in [1.165, 1.54) is 0 Å². The fourth-order valence-corrected chi connectivity index (χ4v) is 4.57. The summed E-state index contributed by atoms with van der Waals surface area (Å²) in [4.78, 5) is 38.7. The highest BCUT2D eigenvalue weighted by atomic mass is 16.6. The Bertz CT molecular complexity index is 1120. The first-order valence-corrected chi connectivity index (χ1v) is 13.1. The Balaban J connectivity index is 1.68. The summed E-state index contributed by atoms with van der Waals surface area (Å²) in [6.07, 6.45) is 1.27. The summed E-state index contributed by atoms with van der Waals surface area (Å²) in [5, 5.41) is 5.54. The quantitative estimate of drug-likeness (QED) is 0.621. The van der Waals surface area contributed by atoms with Crippen molar-refractivity contribution < 1.29 is 19.1 Å². The molecule has 200 valence electrons. The van der Waals surface area contributed by atoms with Crippen LogP contribution in [0.15, 0.2) is 24.3 Å². The van der Waals surface area contributed by atoms with Gasteiger partial charge in [0.1, 0.15) is 11.4 Å². The molecule has 3 heterocycles. The number of morpholine rings is 1. The van der Waals surface area contributed by atoms with Crippen LogP contribution < -0.4 is 15.5 Å². The third kappa shape index (κ3) is 6.49. The molecule has 0 radical (unpaired) electrons. The van der Waals surface area contributed by atoms with Gasteiger partial charge in [0, 0.05) is 36.4 Å². The minimum absolute atomic E-state index is 0.230. The summed E-state index contributed by atoms with van der Waals surface area (Å²) in [6, 6.07) is 7.46. The minimum Gasteiger partial charge on any atom is -0.444 e. The Labute approximate surface area is 218 Å². The lowest BCUT2D eigenvalue weighted by atomic mass is 10.0. The van der Waals surface area contributed by atoms with Gasteiger partial charge in [0.15, 0.2) is 5.82 Å².